The third-order valence-corrected chi connectivity index (χ3v) is 6.33. The molecule has 28 heavy (non-hydrogen) atoms. The van der Waals surface area contributed by atoms with Crippen LogP contribution in [0.1, 0.15) is 21.1 Å². The lowest BCUT2D eigenvalue weighted by molar-refractivity contribution is 1.44. The molecule has 0 fully saturated rings. The van der Waals surface area contributed by atoms with Crippen molar-refractivity contribution in [1.29, 1.82) is 0 Å². The van der Waals surface area contributed by atoms with Gasteiger partial charge >= 0.3 is 0 Å². The molecule has 0 aliphatic rings. The summed E-state index contributed by atoms with van der Waals surface area (Å²) in [5, 5.41) is 2.03. The minimum atomic E-state index is 1.01. The molecule has 0 saturated carbocycles. The first-order valence-corrected chi connectivity index (χ1v) is 10.6. The van der Waals surface area contributed by atoms with E-state index < -0.39 is 0 Å². The van der Waals surface area contributed by atoms with E-state index in [0.29, 0.717) is 0 Å². The summed E-state index contributed by atoms with van der Waals surface area (Å²) in [6, 6.07) is 24.9. The van der Waals surface area contributed by atoms with Crippen LogP contribution in [0.5, 0.6) is 0 Å². The minimum Gasteiger partial charge on any atom is -0.237 e. The maximum absolute atomic E-state index is 4.76. The Morgan fingerprint density at radius 2 is 1.00 bits per heavy atom. The zero-order chi connectivity index (χ0) is 18.8. The fourth-order valence-electron chi connectivity index (χ4n) is 2.99. The number of aromatic nitrogens is 2. The SMILES string of the molecule is C(=C\c1nc2cc3nc(/C=C/c4ccccc4)sc3cc2s1)/c1ccccc1. The molecule has 0 saturated heterocycles. The average Bonchev–Trinajstić information content (AvgIpc) is 3.32. The number of benzene rings is 3. The Morgan fingerprint density at radius 3 is 1.46 bits per heavy atom. The molecule has 3 aromatic carbocycles. The number of hydrogen-bond acceptors (Lipinski definition) is 4. The lowest BCUT2D eigenvalue weighted by atomic mass is 10.2. The van der Waals surface area contributed by atoms with Crippen molar-refractivity contribution in [3.8, 4) is 0 Å². The van der Waals surface area contributed by atoms with Crippen LogP contribution in [-0.4, -0.2) is 9.97 Å². The maximum atomic E-state index is 4.76. The average molecular weight is 397 g/mol. The fraction of sp³-hybridized carbons (Fsp3) is 0. The Kier molecular flexibility index (Phi) is 4.57. The van der Waals surface area contributed by atoms with Gasteiger partial charge in [0.15, 0.2) is 0 Å². The molecule has 0 bridgehead atoms. The van der Waals surface area contributed by atoms with Crippen LogP contribution in [0.25, 0.3) is 44.7 Å². The molecule has 5 rings (SSSR count). The third-order valence-electron chi connectivity index (χ3n) is 4.37. The first-order chi connectivity index (χ1) is 13.8. The third kappa shape index (κ3) is 3.65. The Balaban J connectivity index is 1.44. The van der Waals surface area contributed by atoms with Gasteiger partial charge in [0.25, 0.3) is 0 Å². The monoisotopic (exact) mass is 396 g/mol. The fourth-order valence-corrected chi connectivity index (χ4v) is 4.85. The summed E-state index contributed by atoms with van der Waals surface area (Å²) < 4.78 is 2.39. The van der Waals surface area contributed by atoms with E-state index in [1.54, 1.807) is 22.7 Å². The number of rotatable bonds is 4. The molecule has 2 nitrogen and oxygen atoms in total. The molecule has 0 aliphatic heterocycles. The molecule has 5 aromatic rings. The molecule has 0 amide bonds. The molecule has 134 valence electrons. The summed E-state index contributed by atoms with van der Waals surface area (Å²) in [6.07, 6.45) is 8.36. The summed E-state index contributed by atoms with van der Waals surface area (Å²) in [6.45, 7) is 0. The molecule has 0 spiro atoms. The van der Waals surface area contributed by atoms with Gasteiger partial charge in [-0.25, -0.2) is 9.97 Å². The van der Waals surface area contributed by atoms with Gasteiger partial charge < -0.3 is 0 Å². The van der Waals surface area contributed by atoms with E-state index in [0.717, 1.165) is 21.0 Å². The molecule has 0 unspecified atom stereocenters. The molecule has 0 N–H and O–H groups in total. The smallest absolute Gasteiger partial charge is 0.117 e. The summed E-state index contributed by atoms with van der Waals surface area (Å²) in [4.78, 5) is 9.52. The van der Waals surface area contributed by atoms with Crippen molar-refractivity contribution in [3.63, 3.8) is 0 Å². The molecular weight excluding hydrogens is 380 g/mol. The van der Waals surface area contributed by atoms with Crippen LogP contribution < -0.4 is 0 Å². The van der Waals surface area contributed by atoms with Crippen molar-refractivity contribution in [2.45, 2.75) is 0 Å². The highest BCUT2D eigenvalue weighted by Gasteiger charge is 2.07. The first-order valence-electron chi connectivity index (χ1n) is 9.01. The standard InChI is InChI=1S/C24H16N2S2/c1-3-7-17(8-4-1)11-13-23-25-19-15-20-22(16-21(19)27-23)28-24(26-20)14-12-18-9-5-2-6-10-18/h1-16H/b13-11+,14-12+. The minimum absolute atomic E-state index is 1.01. The van der Waals surface area contributed by atoms with E-state index in [9.17, 15) is 0 Å². The van der Waals surface area contributed by atoms with Gasteiger partial charge in [-0.2, -0.15) is 0 Å². The quantitative estimate of drug-likeness (QED) is 0.320. The lowest BCUT2D eigenvalue weighted by Crippen LogP contribution is -1.73. The van der Waals surface area contributed by atoms with Crippen LogP contribution in [0.4, 0.5) is 0 Å². The summed E-state index contributed by atoms with van der Waals surface area (Å²) in [5.41, 5.74) is 4.38. The van der Waals surface area contributed by atoms with Gasteiger partial charge in [-0.3, -0.25) is 0 Å². The van der Waals surface area contributed by atoms with E-state index in [1.807, 2.05) is 36.4 Å². The van der Waals surface area contributed by atoms with Crippen LogP contribution >= 0.6 is 22.7 Å². The second-order valence-electron chi connectivity index (χ2n) is 6.38. The summed E-state index contributed by atoms with van der Waals surface area (Å²) in [5.74, 6) is 0. The Morgan fingerprint density at radius 1 is 0.536 bits per heavy atom. The molecule has 2 aromatic heterocycles. The summed E-state index contributed by atoms with van der Waals surface area (Å²) >= 11 is 3.43. The van der Waals surface area contributed by atoms with Crippen molar-refractivity contribution < 1.29 is 0 Å². The molecule has 4 heteroatoms. The summed E-state index contributed by atoms with van der Waals surface area (Å²) in [7, 11) is 0. The van der Waals surface area contributed by atoms with Gasteiger partial charge in [0.1, 0.15) is 10.0 Å². The van der Waals surface area contributed by atoms with Crippen molar-refractivity contribution in [2.24, 2.45) is 0 Å². The first kappa shape index (κ1) is 17.0. The topological polar surface area (TPSA) is 25.8 Å². The lowest BCUT2D eigenvalue weighted by Gasteiger charge is -1.89. The normalized spacial score (nSPS) is 12.0. The van der Waals surface area contributed by atoms with Gasteiger partial charge in [-0.15, -0.1) is 22.7 Å². The van der Waals surface area contributed by atoms with Crippen molar-refractivity contribution in [3.05, 3.63) is 93.9 Å². The Hall–Kier alpha value is -3.08. The Labute approximate surface area is 171 Å². The van der Waals surface area contributed by atoms with Gasteiger partial charge in [-0.05, 0) is 35.4 Å². The number of nitrogens with zero attached hydrogens (tertiary/aromatic N) is 2. The van der Waals surface area contributed by atoms with Crippen molar-refractivity contribution in [1.82, 2.24) is 9.97 Å². The van der Waals surface area contributed by atoms with Gasteiger partial charge in [-0.1, -0.05) is 72.8 Å². The van der Waals surface area contributed by atoms with Crippen LogP contribution in [-0.2, 0) is 0 Å². The second-order valence-corrected chi connectivity index (χ2v) is 8.50. The Bertz CT molecular complexity index is 1150. The molecule has 2 heterocycles. The van der Waals surface area contributed by atoms with E-state index in [-0.39, 0.29) is 0 Å². The molecule has 0 aliphatic carbocycles. The zero-order valence-electron chi connectivity index (χ0n) is 14.9. The zero-order valence-corrected chi connectivity index (χ0v) is 16.6. The van der Waals surface area contributed by atoms with Gasteiger partial charge in [0.2, 0.25) is 0 Å². The number of fused-ring (bicyclic) bond motifs is 2. The molecule has 0 atom stereocenters. The highest BCUT2D eigenvalue weighted by molar-refractivity contribution is 7.21. The second kappa shape index (κ2) is 7.50. The van der Waals surface area contributed by atoms with E-state index in [2.05, 4.69) is 60.7 Å². The molecule has 0 radical (unpaired) electrons. The largest absolute Gasteiger partial charge is 0.237 e. The predicted molar refractivity (Wildman–Crippen MR) is 124 cm³/mol. The number of hydrogen-bond donors (Lipinski definition) is 0. The van der Waals surface area contributed by atoms with E-state index >= 15 is 0 Å². The van der Waals surface area contributed by atoms with Crippen molar-refractivity contribution >= 4 is 67.4 Å². The molecular formula is C24H16N2S2. The highest BCUT2D eigenvalue weighted by Crippen LogP contribution is 2.31. The van der Waals surface area contributed by atoms with E-state index in [4.69, 9.17) is 9.97 Å². The van der Waals surface area contributed by atoms with E-state index in [1.165, 1.54) is 20.5 Å². The van der Waals surface area contributed by atoms with Crippen LogP contribution in [0.2, 0.25) is 0 Å². The number of thiazole rings is 2. The highest BCUT2D eigenvalue weighted by atomic mass is 32.1. The van der Waals surface area contributed by atoms with Gasteiger partial charge in [0, 0.05) is 0 Å². The van der Waals surface area contributed by atoms with Crippen LogP contribution in [0, 0.1) is 0 Å². The van der Waals surface area contributed by atoms with Crippen LogP contribution in [0.3, 0.4) is 0 Å². The van der Waals surface area contributed by atoms with Crippen molar-refractivity contribution in [2.75, 3.05) is 0 Å². The van der Waals surface area contributed by atoms with Gasteiger partial charge in [0.05, 0.1) is 20.4 Å². The maximum Gasteiger partial charge on any atom is 0.117 e. The predicted octanol–water partition coefficient (Wildman–Crippen LogP) is 7.25. The van der Waals surface area contributed by atoms with Crippen LogP contribution in [0.15, 0.2) is 72.8 Å².